The highest BCUT2D eigenvalue weighted by Crippen LogP contribution is 2.23. The van der Waals surface area contributed by atoms with Gasteiger partial charge in [0, 0.05) is 7.05 Å². The Morgan fingerprint density at radius 1 is 1.25 bits per heavy atom. The number of fused-ring (bicyclic) bond motifs is 1. The van der Waals surface area contributed by atoms with Gasteiger partial charge in [0.2, 0.25) is 0 Å². The lowest BCUT2D eigenvalue weighted by molar-refractivity contribution is 0.938. The van der Waals surface area contributed by atoms with Crippen molar-refractivity contribution in [3.63, 3.8) is 0 Å². The molecule has 2 heterocycles. The van der Waals surface area contributed by atoms with Gasteiger partial charge in [0.15, 0.2) is 10.3 Å². The maximum absolute atomic E-state index is 5.78. The minimum atomic E-state index is 0.273. The molecular weight excluding hydrogens is 199 g/mol. The quantitative estimate of drug-likeness (QED) is 0.653. The molecule has 0 aliphatic heterocycles. The molecule has 12 heavy (non-hydrogen) atoms. The molecule has 0 unspecified atom stereocenters. The Labute approximate surface area is 78.1 Å². The van der Waals surface area contributed by atoms with Crippen molar-refractivity contribution in [1.29, 1.82) is 0 Å². The Morgan fingerprint density at radius 2 is 1.92 bits per heavy atom. The number of aromatic nitrogens is 4. The van der Waals surface area contributed by atoms with Gasteiger partial charge in [-0.25, -0.2) is 4.98 Å². The van der Waals surface area contributed by atoms with Crippen LogP contribution in [0.1, 0.15) is 0 Å². The van der Waals surface area contributed by atoms with Crippen LogP contribution in [-0.2, 0) is 7.05 Å². The summed E-state index contributed by atoms with van der Waals surface area (Å²) in [7, 11) is 1.82. The Hall–Kier alpha value is -0.870. The van der Waals surface area contributed by atoms with E-state index in [4.69, 9.17) is 23.2 Å². The summed E-state index contributed by atoms with van der Waals surface area (Å²) in [4.78, 5) is 4.02. The lowest BCUT2D eigenvalue weighted by Gasteiger charge is -1.95. The molecule has 0 amide bonds. The van der Waals surface area contributed by atoms with E-state index in [2.05, 4.69) is 15.2 Å². The van der Waals surface area contributed by atoms with Crippen LogP contribution >= 0.6 is 23.2 Å². The fourth-order valence-electron chi connectivity index (χ4n) is 1.01. The first-order chi connectivity index (χ1) is 5.70. The molecular formula is C6H4Cl2N4. The van der Waals surface area contributed by atoms with E-state index >= 15 is 0 Å². The van der Waals surface area contributed by atoms with Crippen molar-refractivity contribution in [1.82, 2.24) is 19.7 Å². The molecule has 0 aromatic carbocycles. The highest BCUT2D eigenvalue weighted by atomic mass is 35.5. The molecule has 0 spiro atoms. The van der Waals surface area contributed by atoms with Gasteiger partial charge in [-0.2, -0.15) is 0 Å². The molecule has 0 fully saturated rings. The van der Waals surface area contributed by atoms with Crippen molar-refractivity contribution in [2.45, 2.75) is 0 Å². The van der Waals surface area contributed by atoms with Crippen molar-refractivity contribution in [3.05, 3.63) is 16.6 Å². The molecule has 0 aliphatic carbocycles. The van der Waals surface area contributed by atoms with E-state index in [1.807, 2.05) is 7.05 Å². The van der Waals surface area contributed by atoms with Gasteiger partial charge in [-0.05, 0) is 0 Å². The smallest absolute Gasteiger partial charge is 0.179 e. The molecule has 0 radical (unpaired) electrons. The predicted molar refractivity (Wildman–Crippen MR) is 46.3 cm³/mol. The topological polar surface area (TPSA) is 43.6 Å². The van der Waals surface area contributed by atoms with Gasteiger partial charge in [-0.3, -0.25) is 0 Å². The lowest BCUT2D eigenvalue weighted by Crippen LogP contribution is -1.90. The molecule has 0 N–H and O–H groups in total. The standard InChI is InChI=1S/C6H4Cl2N4/c1-12-2-9-3-4(12)6(8)11-10-5(3)7/h2H,1H3. The summed E-state index contributed by atoms with van der Waals surface area (Å²) in [5.41, 5.74) is 1.29. The second-order valence-electron chi connectivity index (χ2n) is 2.33. The highest BCUT2D eigenvalue weighted by molar-refractivity contribution is 6.37. The van der Waals surface area contributed by atoms with Crippen LogP contribution in [0.3, 0.4) is 0 Å². The molecule has 2 rings (SSSR count). The monoisotopic (exact) mass is 202 g/mol. The fourth-order valence-corrected chi connectivity index (χ4v) is 1.44. The lowest BCUT2D eigenvalue weighted by atomic mass is 10.5. The van der Waals surface area contributed by atoms with Gasteiger partial charge >= 0.3 is 0 Å². The first-order valence-corrected chi connectivity index (χ1v) is 3.94. The summed E-state index contributed by atoms with van der Waals surface area (Å²) in [5, 5.41) is 7.88. The van der Waals surface area contributed by atoms with Gasteiger partial charge in [0.05, 0.1) is 6.33 Å². The van der Waals surface area contributed by atoms with Crippen LogP contribution in [0.5, 0.6) is 0 Å². The normalized spacial score (nSPS) is 10.9. The van der Waals surface area contributed by atoms with Gasteiger partial charge in [0.1, 0.15) is 11.0 Å². The third-order valence-corrected chi connectivity index (χ3v) is 2.06. The third kappa shape index (κ3) is 0.956. The summed E-state index contributed by atoms with van der Waals surface area (Å²) in [6, 6.07) is 0. The Balaban J connectivity index is 2.98. The van der Waals surface area contributed by atoms with Crippen molar-refractivity contribution in [3.8, 4) is 0 Å². The maximum atomic E-state index is 5.78. The summed E-state index contributed by atoms with van der Waals surface area (Å²) >= 11 is 11.5. The fraction of sp³-hybridized carbons (Fsp3) is 0.167. The number of rotatable bonds is 0. The van der Waals surface area contributed by atoms with E-state index in [1.54, 1.807) is 10.9 Å². The second-order valence-corrected chi connectivity index (χ2v) is 3.05. The first-order valence-electron chi connectivity index (χ1n) is 3.19. The van der Waals surface area contributed by atoms with E-state index in [0.29, 0.717) is 16.2 Å². The molecule has 0 saturated heterocycles. The molecule has 62 valence electrons. The minimum absolute atomic E-state index is 0.273. The Morgan fingerprint density at radius 3 is 2.58 bits per heavy atom. The average molecular weight is 203 g/mol. The van der Waals surface area contributed by atoms with E-state index in [1.165, 1.54) is 0 Å². The zero-order valence-electron chi connectivity index (χ0n) is 6.12. The van der Waals surface area contributed by atoms with Crippen LogP contribution in [0.2, 0.25) is 10.3 Å². The van der Waals surface area contributed by atoms with Crippen molar-refractivity contribution >= 4 is 34.2 Å². The number of aryl methyl sites for hydroxylation is 1. The molecule has 0 saturated carbocycles. The van der Waals surface area contributed by atoms with Crippen LogP contribution in [0, 0.1) is 0 Å². The molecule has 0 atom stereocenters. The third-order valence-electron chi connectivity index (χ3n) is 1.55. The van der Waals surface area contributed by atoms with Gasteiger partial charge in [-0.1, -0.05) is 23.2 Å². The number of nitrogens with zero attached hydrogens (tertiary/aromatic N) is 4. The Kier molecular flexibility index (Phi) is 1.66. The molecule has 2 aromatic rings. The van der Waals surface area contributed by atoms with Crippen LogP contribution in [0.25, 0.3) is 11.0 Å². The molecule has 6 heteroatoms. The number of imidazole rings is 1. The molecule has 2 aromatic heterocycles. The Bertz CT molecular complexity index is 436. The zero-order valence-corrected chi connectivity index (χ0v) is 7.63. The largest absolute Gasteiger partial charge is 0.331 e. The maximum Gasteiger partial charge on any atom is 0.179 e. The number of hydrogen-bond donors (Lipinski definition) is 0. The minimum Gasteiger partial charge on any atom is -0.331 e. The van der Waals surface area contributed by atoms with Crippen molar-refractivity contribution in [2.24, 2.45) is 7.05 Å². The van der Waals surface area contributed by atoms with Gasteiger partial charge in [-0.15, -0.1) is 10.2 Å². The van der Waals surface area contributed by atoms with Crippen LogP contribution < -0.4 is 0 Å². The van der Waals surface area contributed by atoms with Gasteiger partial charge in [0.25, 0.3) is 0 Å². The van der Waals surface area contributed by atoms with Crippen molar-refractivity contribution in [2.75, 3.05) is 0 Å². The summed E-state index contributed by atoms with van der Waals surface area (Å²) in [6.07, 6.45) is 1.62. The van der Waals surface area contributed by atoms with Crippen molar-refractivity contribution < 1.29 is 0 Å². The second kappa shape index (κ2) is 2.57. The van der Waals surface area contributed by atoms with E-state index < -0.39 is 0 Å². The van der Waals surface area contributed by atoms with Crippen LogP contribution in [-0.4, -0.2) is 19.7 Å². The molecule has 0 aliphatic rings. The molecule has 0 bridgehead atoms. The van der Waals surface area contributed by atoms with Crippen LogP contribution in [0.15, 0.2) is 6.33 Å². The summed E-state index contributed by atoms with van der Waals surface area (Å²) in [6.45, 7) is 0. The van der Waals surface area contributed by atoms with Gasteiger partial charge < -0.3 is 4.57 Å². The predicted octanol–water partition coefficient (Wildman–Crippen LogP) is 1.67. The molecule has 4 nitrogen and oxygen atoms in total. The summed E-state index contributed by atoms with van der Waals surface area (Å²) < 4.78 is 1.75. The van der Waals surface area contributed by atoms with E-state index in [9.17, 15) is 0 Å². The number of hydrogen-bond acceptors (Lipinski definition) is 3. The summed E-state index contributed by atoms with van der Waals surface area (Å²) in [5.74, 6) is 0. The van der Waals surface area contributed by atoms with E-state index in [-0.39, 0.29) is 5.15 Å². The van der Waals surface area contributed by atoms with E-state index in [0.717, 1.165) is 0 Å². The zero-order chi connectivity index (χ0) is 8.72. The van der Waals surface area contributed by atoms with Crippen LogP contribution in [0.4, 0.5) is 0 Å². The average Bonchev–Trinajstić information content (AvgIpc) is 2.42. The first kappa shape index (κ1) is 7.76. The number of halogens is 2. The highest BCUT2D eigenvalue weighted by Gasteiger charge is 2.09. The SMILES string of the molecule is Cn1cnc2c(Cl)nnc(Cl)c21.